The van der Waals surface area contributed by atoms with E-state index in [1.54, 1.807) is 11.9 Å². The van der Waals surface area contributed by atoms with Gasteiger partial charge in [-0.2, -0.15) is 13.2 Å². The van der Waals surface area contributed by atoms with Crippen LogP contribution < -0.4 is 0 Å². The summed E-state index contributed by atoms with van der Waals surface area (Å²) in [5.41, 5.74) is 2.85. The Morgan fingerprint density at radius 1 is 1.26 bits per heavy atom. The Labute approximate surface area is 191 Å². The first-order valence-electron chi connectivity index (χ1n) is 9.87. The molecular formula is C21H19ClF3N3OS2. The van der Waals surface area contributed by atoms with Crippen LogP contribution in [0.1, 0.15) is 35.7 Å². The largest absolute Gasteiger partial charge is 0.410 e. The molecule has 1 atom stereocenters. The maximum absolute atomic E-state index is 14.2. The molecule has 3 aliphatic rings. The van der Waals surface area contributed by atoms with E-state index in [1.807, 2.05) is 18.2 Å². The Morgan fingerprint density at radius 2 is 2.06 bits per heavy atom. The van der Waals surface area contributed by atoms with E-state index < -0.39 is 10.9 Å². The average Bonchev–Trinajstić information content (AvgIpc) is 3.31. The molecule has 3 aliphatic heterocycles. The van der Waals surface area contributed by atoms with Crippen molar-refractivity contribution in [3.63, 3.8) is 0 Å². The van der Waals surface area contributed by atoms with Gasteiger partial charge in [0.2, 0.25) is 0 Å². The molecule has 0 radical (unpaired) electrons. The molecule has 31 heavy (non-hydrogen) atoms. The summed E-state index contributed by atoms with van der Waals surface area (Å²) < 4.78 is 53.0. The molecule has 1 aromatic carbocycles. The zero-order chi connectivity index (χ0) is 21.9. The third kappa shape index (κ3) is 3.49. The molecule has 4 nitrogen and oxygen atoms in total. The molecule has 0 amide bonds. The van der Waals surface area contributed by atoms with Crippen LogP contribution in [0, 0.1) is 0 Å². The lowest BCUT2D eigenvalue weighted by Crippen LogP contribution is -2.56. The Balaban J connectivity index is 1.41. The van der Waals surface area contributed by atoms with Gasteiger partial charge >= 0.3 is 6.18 Å². The van der Waals surface area contributed by atoms with Crippen molar-refractivity contribution in [2.75, 3.05) is 18.8 Å². The van der Waals surface area contributed by atoms with Gasteiger partial charge in [-0.1, -0.05) is 48.7 Å². The number of pyridine rings is 1. The van der Waals surface area contributed by atoms with Crippen LogP contribution in [0.5, 0.6) is 0 Å². The number of hydrogen-bond donors (Lipinski definition) is 0. The molecule has 1 aromatic heterocycles. The number of ether oxygens (including phenoxy) is 1. The summed E-state index contributed by atoms with van der Waals surface area (Å²) in [7, 11) is 0. The summed E-state index contributed by atoms with van der Waals surface area (Å²) in [5.74, 6) is 1.02. The Kier molecular flexibility index (Phi) is 5.33. The third-order valence-electron chi connectivity index (χ3n) is 5.92. The standard InChI is InChI=1S/C21H19ClF3N3OS2/c1-2-30-28-11-19(12-28)15-7-6-13(8-14(15)10-29-19)16-9-20(31-27-16,21(23,24)25)17-4-3-5-18(22)26-17/h3-8H,2,9-12H2,1H3. The third-order valence-corrected chi connectivity index (χ3v) is 8.22. The molecular weight excluding hydrogens is 467 g/mol. The first kappa shape index (κ1) is 21.6. The fraction of sp³-hybridized carbons (Fsp3) is 0.429. The maximum Gasteiger partial charge on any atom is 0.410 e. The molecule has 1 spiro atoms. The maximum atomic E-state index is 14.2. The minimum absolute atomic E-state index is 0.0333. The molecule has 0 N–H and O–H groups in total. The van der Waals surface area contributed by atoms with E-state index in [4.69, 9.17) is 16.3 Å². The Bertz CT molecular complexity index is 1060. The fourth-order valence-electron chi connectivity index (χ4n) is 4.35. The highest BCUT2D eigenvalue weighted by atomic mass is 35.5. The van der Waals surface area contributed by atoms with Crippen molar-refractivity contribution in [3.8, 4) is 0 Å². The average molecular weight is 486 g/mol. The fourth-order valence-corrected chi connectivity index (χ4v) is 6.42. The number of rotatable bonds is 4. The van der Waals surface area contributed by atoms with E-state index >= 15 is 0 Å². The number of benzene rings is 1. The first-order valence-corrected chi connectivity index (χ1v) is 12.0. The van der Waals surface area contributed by atoms with Crippen molar-refractivity contribution in [2.45, 2.75) is 36.5 Å². The van der Waals surface area contributed by atoms with Gasteiger partial charge in [0.05, 0.1) is 18.0 Å². The van der Waals surface area contributed by atoms with Gasteiger partial charge in [0.1, 0.15) is 10.8 Å². The SMILES string of the molecule is CCSN1CC2(C1)OCc1cc(C3=NSC(c4cccc(Cl)n4)(C(F)(F)F)C3)ccc12. The number of halogens is 4. The van der Waals surface area contributed by atoms with Gasteiger partial charge in [0, 0.05) is 25.3 Å². The van der Waals surface area contributed by atoms with Crippen LogP contribution in [0.2, 0.25) is 5.15 Å². The van der Waals surface area contributed by atoms with Gasteiger partial charge in [-0.15, -0.1) is 0 Å². The van der Waals surface area contributed by atoms with Gasteiger partial charge in [-0.05, 0) is 46.8 Å². The summed E-state index contributed by atoms with van der Waals surface area (Å²) >= 11 is 8.19. The normalized spacial score (nSPS) is 24.9. The van der Waals surface area contributed by atoms with Gasteiger partial charge in [-0.25, -0.2) is 13.7 Å². The zero-order valence-electron chi connectivity index (χ0n) is 16.6. The van der Waals surface area contributed by atoms with Crippen molar-refractivity contribution < 1.29 is 17.9 Å². The minimum Gasteiger partial charge on any atom is -0.363 e. The van der Waals surface area contributed by atoms with E-state index in [1.165, 1.54) is 18.2 Å². The molecule has 164 valence electrons. The quantitative estimate of drug-likeness (QED) is 0.407. The van der Waals surface area contributed by atoms with E-state index in [0.29, 0.717) is 29.8 Å². The second-order valence-corrected chi connectivity index (χ2v) is 10.6. The van der Waals surface area contributed by atoms with E-state index in [0.717, 1.165) is 30.0 Å². The molecule has 10 heteroatoms. The van der Waals surface area contributed by atoms with Crippen molar-refractivity contribution in [2.24, 2.45) is 4.40 Å². The molecule has 2 aromatic rings. The second-order valence-electron chi connectivity index (χ2n) is 7.85. The van der Waals surface area contributed by atoms with Crippen LogP contribution in [-0.4, -0.2) is 40.0 Å². The summed E-state index contributed by atoms with van der Waals surface area (Å²) in [4.78, 5) is 3.96. The number of fused-ring (bicyclic) bond motifs is 2. The Morgan fingerprint density at radius 3 is 2.77 bits per heavy atom. The molecule has 1 saturated heterocycles. The van der Waals surface area contributed by atoms with Crippen LogP contribution in [0.4, 0.5) is 13.2 Å². The summed E-state index contributed by atoms with van der Waals surface area (Å²) in [6, 6.07) is 10.1. The van der Waals surface area contributed by atoms with Crippen LogP contribution in [0.3, 0.4) is 0 Å². The molecule has 0 bridgehead atoms. The molecule has 0 saturated carbocycles. The number of aromatic nitrogens is 1. The second kappa shape index (κ2) is 7.66. The minimum atomic E-state index is -4.53. The number of nitrogens with zero attached hydrogens (tertiary/aromatic N) is 3. The van der Waals surface area contributed by atoms with E-state index in [-0.39, 0.29) is 22.9 Å². The van der Waals surface area contributed by atoms with Gasteiger partial charge < -0.3 is 4.74 Å². The summed E-state index contributed by atoms with van der Waals surface area (Å²) in [6.45, 7) is 4.23. The number of alkyl halides is 3. The highest BCUT2D eigenvalue weighted by Crippen LogP contribution is 2.56. The lowest BCUT2D eigenvalue weighted by atomic mass is 9.85. The summed E-state index contributed by atoms with van der Waals surface area (Å²) in [5, 5.41) is 0.0333. The predicted molar refractivity (Wildman–Crippen MR) is 118 cm³/mol. The van der Waals surface area contributed by atoms with Crippen LogP contribution in [0.25, 0.3) is 0 Å². The molecule has 0 aliphatic carbocycles. The highest BCUT2D eigenvalue weighted by Gasteiger charge is 2.61. The van der Waals surface area contributed by atoms with Crippen molar-refractivity contribution in [1.82, 2.24) is 9.29 Å². The van der Waals surface area contributed by atoms with E-state index in [2.05, 4.69) is 20.6 Å². The van der Waals surface area contributed by atoms with E-state index in [9.17, 15) is 13.2 Å². The topological polar surface area (TPSA) is 37.7 Å². The zero-order valence-corrected chi connectivity index (χ0v) is 19.0. The molecule has 5 rings (SSSR count). The van der Waals surface area contributed by atoms with Crippen molar-refractivity contribution in [1.29, 1.82) is 0 Å². The smallest absolute Gasteiger partial charge is 0.363 e. The van der Waals surface area contributed by atoms with Crippen LogP contribution >= 0.6 is 35.5 Å². The Hall–Kier alpha value is -1.26. The predicted octanol–water partition coefficient (Wildman–Crippen LogP) is 5.74. The van der Waals surface area contributed by atoms with Crippen LogP contribution in [-0.2, 0) is 21.7 Å². The molecule has 1 unspecified atom stereocenters. The van der Waals surface area contributed by atoms with Gasteiger partial charge in [0.25, 0.3) is 0 Å². The van der Waals surface area contributed by atoms with Gasteiger partial charge in [-0.3, -0.25) is 0 Å². The van der Waals surface area contributed by atoms with Crippen molar-refractivity contribution >= 4 is 41.2 Å². The lowest BCUT2D eigenvalue weighted by Gasteiger charge is -2.46. The summed E-state index contributed by atoms with van der Waals surface area (Å²) in [6.07, 6.45) is -4.82. The lowest BCUT2D eigenvalue weighted by molar-refractivity contribution is -0.160. The molecule has 4 heterocycles. The van der Waals surface area contributed by atoms with Crippen LogP contribution in [0.15, 0.2) is 40.8 Å². The first-order chi connectivity index (χ1) is 14.8. The van der Waals surface area contributed by atoms with Gasteiger partial charge in [0.15, 0.2) is 4.75 Å². The highest BCUT2D eigenvalue weighted by molar-refractivity contribution is 7.99. The van der Waals surface area contributed by atoms with Crippen molar-refractivity contribution in [3.05, 3.63) is 63.9 Å². The molecule has 1 fully saturated rings. The monoisotopic (exact) mass is 485 g/mol. The number of hydrogen-bond acceptors (Lipinski definition) is 6.